The van der Waals surface area contributed by atoms with Crippen molar-refractivity contribution in [3.05, 3.63) is 31.5 Å². The van der Waals surface area contributed by atoms with Gasteiger partial charge in [0.2, 0.25) is 0 Å². The van der Waals surface area contributed by atoms with Crippen molar-refractivity contribution in [2.45, 2.75) is 71.1 Å². The Bertz CT molecular complexity index is 580. The number of nitrogens with zero attached hydrogens (tertiary/aromatic N) is 1. The zero-order chi connectivity index (χ0) is 18.3. The molecule has 0 radical (unpaired) electrons. The van der Waals surface area contributed by atoms with Gasteiger partial charge in [0.25, 0.3) is 0 Å². The Labute approximate surface area is 147 Å². The van der Waals surface area contributed by atoms with Crippen molar-refractivity contribution in [3.8, 4) is 0 Å². The van der Waals surface area contributed by atoms with Crippen LogP contribution in [0.15, 0.2) is 19.4 Å². The van der Waals surface area contributed by atoms with E-state index in [2.05, 4.69) is 17.2 Å². The molecule has 0 aliphatic carbocycles. The first-order chi connectivity index (χ1) is 12.1. The van der Waals surface area contributed by atoms with E-state index < -0.39 is 17.1 Å². The summed E-state index contributed by atoms with van der Waals surface area (Å²) in [6.07, 6.45) is 13.8. The molecule has 0 amide bonds. The first-order valence-corrected chi connectivity index (χ1v) is 9.32. The number of aromatic amines is 3. The predicted octanol–water partition coefficient (Wildman–Crippen LogP) is 1.66. The summed E-state index contributed by atoms with van der Waals surface area (Å²) >= 11 is 0. The van der Waals surface area contributed by atoms with Crippen molar-refractivity contribution in [3.63, 3.8) is 0 Å². The molecule has 0 bridgehead atoms. The maximum Gasteiger partial charge on any atom is 0.330 e. The smallest absolute Gasteiger partial charge is 0.330 e. The highest BCUT2D eigenvalue weighted by Gasteiger charge is 2.03. The number of aromatic nitrogens is 3. The van der Waals surface area contributed by atoms with Gasteiger partial charge in [0, 0.05) is 13.0 Å². The zero-order valence-electron chi connectivity index (χ0n) is 15.2. The molecule has 4 N–H and O–H groups in total. The Kier molecular flexibility index (Phi) is 11.0. The highest BCUT2D eigenvalue weighted by atomic mass is 16.2. The normalized spacial score (nSPS) is 12.9. The van der Waals surface area contributed by atoms with Crippen LogP contribution in [0.1, 0.15) is 71.1 Å². The van der Waals surface area contributed by atoms with E-state index in [1.54, 1.807) is 15.0 Å². The molecule has 1 aromatic rings. The predicted molar refractivity (Wildman–Crippen MR) is 100 cm³/mol. The molecule has 0 aromatic carbocycles. The third-order valence-corrected chi connectivity index (χ3v) is 3.94. The molecular formula is C17H31N5O3. The van der Waals surface area contributed by atoms with Gasteiger partial charge < -0.3 is 5.32 Å². The van der Waals surface area contributed by atoms with Gasteiger partial charge in [-0.15, -0.1) is 0 Å². The number of hydrogen-bond acceptors (Lipinski definition) is 5. The fourth-order valence-electron chi connectivity index (χ4n) is 2.62. The summed E-state index contributed by atoms with van der Waals surface area (Å²) in [4.78, 5) is 40.3. The molecule has 8 nitrogen and oxygen atoms in total. The molecule has 142 valence electrons. The lowest BCUT2D eigenvalue weighted by atomic mass is 10.1. The molecule has 0 unspecified atom stereocenters. The number of rotatable bonds is 10. The van der Waals surface area contributed by atoms with Crippen molar-refractivity contribution in [2.24, 2.45) is 4.99 Å². The van der Waals surface area contributed by atoms with Crippen LogP contribution in [0.4, 0.5) is 0 Å². The number of amidine groups is 1. The lowest BCUT2D eigenvalue weighted by molar-refractivity contribution is 0.568. The molecule has 1 aliphatic heterocycles. The SMILES string of the molecule is CCCCCCCCCCCC1=NCCN1.O=c1[nH]c(=O)[nH]c(=O)[nH]1. The second-order valence-corrected chi connectivity index (χ2v) is 6.20. The number of unbranched alkanes of at least 4 members (excludes halogenated alkanes) is 8. The van der Waals surface area contributed by atoms with Crippen molar-refractivity contribution in [2.75, 3.05) is 13.1 Å². The first-order valence-electron chi connectivity index (χ1n) is 9.32. The van der Waals surface area contributed by atoms with Crippen LogP contribution in [0, 0.1) is 0 Å². The summed E-state index contributed by atoms with van der Waals surface area (Å²) in [6, 6.07) is 0. The van der Waals surface area contributed by atoms with Gasteiger partial charge in [0.05, 0.1) is 12.4 Å². The van der Waals surface area contributed by atoms with Crippen LogP contribution in [0.2, 0.25) is 0 Å². The van der Waals surface area contributed by atoms with E-state index in [0.717, 1.165) is 13.1 Å². The average Bonchev–Trinajstić information content (AvgIpc) is 3.06. The third-order valence-electron chi connectivity index (χ3n) is 3.94. The van der Waals surface area contributed by atoms with E-state index in [-0.39, 0.29) is 0 Å². The number of H-pyrrole nitrogens is 3. The van der Waals surface area contributed by atoms with E-state index in [4.69, 9.17) is 0 Å². The molecule has 25 heavy (non-hydrogen) atoms. The zero-order valence-corrected chi connectivity index (χ0v) is 15.2. The minimum Gasteiger partial charge on any atom is -0.372 e. The van der Waals surface area contributed by atoms with Crippen molar-refractivity contribution in [1.82, 2.24) is 20.3 Å². The molecular weight excluding hydrogens is 322 g/mol. The molecule has 1 aliphatic rings. The van der Waals surface area contributed by atoms with Gasteiger partial charge in [0.15, 0.2) is 0 Å². The van der Waals surface area contributed by atoms with Crippen LogP contribution in [-0.4, -0.2) is 33.9 Å². The molecule has 0 fully saturated rings. The van der Waals surface area contributed by atoms with Gasteiger partial charge in [-0.05, 0) is 6.42 Å². The second kappa shape index (κ2) is 13.2. The molecule has 8 heteroatoms. The van der Waals surface area contributed by atoms with E-state index in [0.29, 0.717) is 0 Å². The lowest BCUT2D eigenvalue weighted by Crippen LogP contribution is -2.34. The molecule has 0 saturated carbocycles. The summed E-state index contributed by atoms with van der Waals surface area (Å²) in [5.74, 6) is 1.25. The molecule has 2 rings (SSSR count). The van der Waals surface area contributed by atoms with E-state index in [1.807, 2.05) is 0 Å². The van der Waals surface area contributed by atoms with Gasteiger partial charge >= 0.3 is 17.1 Å². The van der Waals surface area contributed by atoms with Gasteiger partial charge in [-0.3, -0.25) is 19.9 Å². The fraction of sp³-hybridized carbons (Fsp3) is 0.765. The maximum atomic E-state index is 10.2. The van der Waals surface area contributed by atoms with E-state index in [1.165, 1.54) is 70.0 Å². The largest absolute Gasteiger partial charge is 0.372 e. The van der Waals surface area contributed by atoms with Gasteiger partial charge in [-0.25, -0.2) is 14.4 Å². The van der Waals surface area contributed by atoms with Crippen LogP contribution in [-0.2, 0) is 0 Å². The highest BCUT2D eigenvalue weighted by Crippen LogP contribution is 2.10. The maximum absolute atomic E-state index is 10.2. The number of nitrogens with one attached hydrogen (secondary N) is 4. The van der Waals surface area contributed by atoms with Crippen molar-refractivity contribution < 1.29 is 0 Å². The fourth-order valence-corrected chi connectivity index (χ4v) is 2.62. The standard InChI is InChI=1S/C14H28N2.C3H3N3O3/c1-2-3-4-5-6-7-8-9-10-11-14-15-12-13-16-14;7-1-4-2(8)6-3(9)5-1/h2-13H2,1H3,(H,15,16);(H3,4,5,6,7,8,9). The second-order valence-electron chi connectivity index (χ2n) is 6.20. The van der Waals surface area contributed by atoms with Gasteiger partial charge in [-0.2, -0.15) is 0 Å². The van der Waals surface area contributed by atoms with Gasteiger partial charge in [0.1, 0.15) is 0 Å². The molecule has 1 aromatic heterocycles. The Balaban J connectivity index is 0.000000293. The molecule has 0 saturated heterocycles. The Morgan fingerprint density at radius 2 is 1.24 bits per heavy atom. The Morgan fingerprint density at radius 1 is 0.760 bits per heavy atom. The summed E-state index contributed by atoms with van der Waals surface area (Å²) in [5, 5.41) is 3.33. The average molecular weight is 353 g/mol. The summed E-state index contributed by atoms with van der Waals surface area (Å²) in [5.41, 5.74) is -2.41. The Morgan fingerprint density at radius 3 is 1.68 bits per heavy atom. The van der Waals surface area contributed by atoms with Crippen molar-refractivity contribution >= 4 is 5.84 Å². The molecule has 2 heterocycles. The van der Waals surface area contributed by atoms with Gasteiger partial charge in [-0.1, -0.05) is 58.3 Å². The van der Waals surface area contributed by atoms with E-state index >= 15 is 0 Å². The van der Waals surface area contributed by atoms with Crippen LogP contribution < -0.4 is 22.4 Å². The lowest BCUT2D eigenvalue weighted by Gasteiger charge is -2.03. The topological polar surface area (TPSA) is 123 Å². The molecule has 0 spiro atoms. The first kappa shape index (κ1) is 20.9. The summed E-state index contributed by atoms with van der Waals surface area (Å²) < 4.78 is 0. The van der Waals surface area contributed by atoms with Crippen LogP contribution >= 0.6 is 0 Å². The van der Waals surface area contributed by atoms with Crippen molar-refractivity contribution in [1.29, 1.82) is 0 Å². The number of aliphatic imine (C=N–C) groups is 1. The highest BCUT2D eigenvalue weighted by molar-refractivity contribution is 5.83. The molecule has 0 atom stereocenters. The third kappa shape index (κ3) is 11.1. The number of hydrogen-bond donors (Lipinski definition) is 4. The summed E-state index contributed by atoms with van der Waals surface area (Å²) in [7, 11) is 0. The minimum absolute atomic E-state index is 0.802. The Hall–Kier alpha value is -2.12. The monoisotopic (exact) mass is 353 g/mol. The minimum atomic E-state index is -0.802. The van der Waals surface area contributed by atoms with Crippen LogP contribution in [0.3, 0.4) is 0 Å². The van der Waals surface area contributed by atoms with E-state index in [9.17, 15) is 14.4 Å². The van der Waals surface area contributed by atoms with Crippen LogP contribution in [0.25, 0.3) is 0 Å². The summed E-state index contributed by atoms with van der Waals surface area (Å²) in [6.45, 7) is 4.33. The quantitative estimate of drug-likeness (QED) is 0.478. The van der Waals surface area contributed by atoms with Crippen LogP contribution in [0.5, 0.6) is 0 Å².